The van der Waals surface area contributed by atoms with Crippen molar-refractivity contribution in [1.82, 2.24) is 4.90 Å². The van der Waals surface area contributed by atoms with Gasteiger partial charge in [0.05, 0.1) is 23.8 Å². The molecule has 0 spiro atoms. The number of hydrogen-bond donors (Lipinski definition) is 0. The molecule has 156 valence electrons. The van der Waals surface area contributed by atoms with E-state index in [0.717, 1.165) is 5.56 Å². The highest BCUT2D eigenvalue weighted by Crippen LogP contribution is 2.32. The van der Waals surface area contributed by atoms with E-state index in [1.807, 2.05) is 24.3 Å². The molecule has 0 aliphatic carbocycles. The van der Waals surface area contributed by atoms with Gasteiger partial charge in [-0.2, -0.15) is 0 Å². The summed E-state index contributed by atoms with van der Waals surface area (Å²) in [4.78, 5) is 14.7. The Morgan fingerprint density at radius 3 is 2.41 bits per heavy atom. The second kappa shape index (κ2) is 9.39. The van der Waals surface area contributed by atoms with Crippen LogP contribution in [-0.2, 0) is 25.9 Å². The summed E-state index contributed by atoms with van der Waals surface area (Å²) in [5.74, 6) is -0.252. The highest BCUT2D eigenvalue weighted by molar-refractivity contribution is 7.92. The third-order valence-corrected chi connectivity index (χ3v) is 6.74. The molecule has 0 N–H and O–H groups in total. The molecule has 7 nitrogen and oxygen atoms in total. The molecule has 1 aliphatic rings. The van der Waals surface area contributed by atoms with Crippen molar-refractivity contribution >= 4 is 21.6 Å². The van der Waals surface area contributed by atoms with Crippen molar-refractivity contribution in [1.29, 1.82) is 0 Å². The van der Waals surface area contributed by atoms with Gasteiger partial charge in [-0.3, -0.25) is 9.10 Å². The maximum absolute atomic E-state index is 13.2. The monoisotopic (exact) mass is 418 g/mol. The van der Waals surface area contributed by atoms with E-state index in [1.165, 1.54) is 16.4 Å². The van der Waals surface area contributed by atoms with Crippen molar-refractivity contribution in [3.05, 3.63) is 59.7 Å². The lowest BCUT2D eigenvalue weighted by Gasteiger charge is -2.23. The molecular formula is C21H26N2O5S. The molecular weight excluding hydrogens is 392 g/mol. The Kier molecular flexibility index (Phi) is 6.89. The van der Waals surface area contributed by atoms with Crippen molar-refractivity contribution in [3.63, 3.8) is 0 Å². The SMILES string of the molecule is COCCN(CCOC)C(=O)c1cccc(S(=O)(=O)N2CCc3ccccc32)c1. The lowest BCUT2D eigenvalue weighted by molar-refractivity contribution is 0.0627. The minimum atomic E-state index is -3.75. The van der Waals surface area contributed by atoms with E-state index in [9.17, 15) is 13.2 Å². The molecule has 2 aromatic rings. The Balaban J connectivity index is 1.87. The lowest BCUT2D eigenvalue weighted by atomic mass is 10.2. The van der Waals surface area contributed by atoms with E-state index in [1.54, 1.807) is 31.3 Å². The standard InChI is InChI=1S/C21H26N2O5S/c1-27-14-12-22(13-15-28-2)21(24)18-7-5-8-19(16-18)29(25,26)23-11-10-17-6-3-4-9-20(17)23/h3-9,16H,10-15H2,1-2H3. The minimum Gasteiger partial charge on any atom is -0.383 e. The number of fused-ring (bicyclic) bond motifs is 1. The summed E-state index contributed by atoms with van der Waals surface area (Å²) in [7, 11) is -0.615. The topological polar surface area (TPSA) is 76.1 Å². The van der Waals surface area contributed by atoms with Crippen molar-refractivity contribution in [2.45, 2.75) is 11.3 Å². The van der Waals surface area contributed by atoms with E-state index in [-0.39, 0.29) is 10.8 Å². The van der Waals surface area contributed by atoms with E-state index < -0.39 is 10.0 Å². The van der Waals surface area contributed by atoms with Gasteiger partial charge in [0.15, 0.2) is 0 Å². The van der Waals surface area contributed by atoms with Crippen LogP contribution in [0, 0.1) is 0 Å². The Morgan fingerprint density at radius 2 is 1.72 bits per heavy atom. The van der Waals surface area contributed by atoms with E-state index in [4.69, 9.17) is 9.47 Å². The lowest BCUT2D eigenvalue weighted by Crippen LogP contribution is -2.36. The zero-order valence-electron chi connectivity index (χ0n) is 16.7. The molecule has 0 radical (unpaired) electrons. The van der Waals surface area contributed by atoms with Gasteiger partial charge in [0.25, 0.3) is 15.9 Å². The van der Waals surface area contributed by atoms with Gasteiger partial charge in [-0.25, -0.2) is 8.42 Å². The predicted octanol–water partition coefficient (Wildman–Crippen LogP) is 2.17. The fraction of sp³-hybridized carbons (Fsp3) is 0.381. The zero-order chi connectivity index (χ0) is 20.9. The molecule has 29 heavy (non-hydrogen) atoms. The van der Waals surface area contributed by atoms with E-state index in [0.29, 0.717) is 50.5 Å². The summed E-state index contributed by atoms with van der Waals surface area (Å²) >= 11 is 0. The molecule has 0 saturated heterocycles. The maximum Gasteiger partial charge on any atom is 0.264 e. The van der Waals surface area contributed by atoms with Gasteiger partial charge in [-0.1, -0.05) is 24.3 Å². The summed E-state index contributed by atoms with van der Waals surface area (Å²) in [5.41, 5.74) is 2.03. The molecule has 1 aliphatic heterocycles. The van der Waals surface area contributed by atoms with Crippen LogP contribution in [0.15, 0.2) is 53.4 Å². The molecule has 0 aromatic heterocycles. The predicted molar refractivity (Wildman–Crippen MR) is 111 cm³/mol. The van der Waals surface area contributed by atoms with Gasteiger partial charge in [0, 0.05) is 39.4 Å². The first-order chi connectivity index (χ1) is 14.0. The number of ether oxygens (including phenoxy) is 2. The molecule has 1 heterocycles. The van der Waals surface area contributed by atoms with Crippen LogP contribution < -0.4 is 4.31 Å². The number of methoxy groups -OCH3 is 2. The number of para-hydroxylation sites is 1. The fourth-order valence-corrected chi connectivity index (χ4v) is 4.92. The summed E-state index contributed by atoms with van der Waals surface area (Å²) in [5, 5.41) is 0. The number of nitrogens with zero attached hydrogens (tertiary/aromatic N) is 2. The molecule has 0 saturated carbocycles. The maximum atomic E-state index is 13.2. The normalized spacial score (nSPS) is 13.4. The van der Waals surface area contributed by atoms with E-state index in [2.05, 4.69) is 0 Å². The average Bonchev–Trinajstić information content (AvgIpc) is 3.18. The third-order valence-electron chi connectivity index (χ3n) is 4.93. The largest absolute Gasteiger partial charge is 0.383 e. The molecule has 0 atom stereocenters. The number of carbonyl (C=O) groups is 1. The van der Waals surface area contributed by atoms with Crippen LogP contribution in [0.25, 0.3) is 0 Å². The number of sulfonamides is 1. The highest BCUT2D eigenvalue weighted by atomic mass is 32.2. The van der Waals surface area contributed by atoms with Crippen LogP contribution in [0.5, 0.6) is 0 Å². The molecule has 0 fully saturated rings. The van der Waals surface area contributed by atoms with Crippen molar-refractivity contribution in [2.24, 2.45) is 0 Å². The fourth-order valence-electron chi connectivity index (χ4n) is 3.37. The Bertz CT molecular complexity index is 953. The van der Waals surface area contributed by atoms with Gasteiger partial charge in [0.2, 0.25) is 0 Å². The van der Waals surface area contributed by atoms with Gasteiger partial charge in [-0.15, -0.1) is 0 Å². The van der Waals surface area contributed by atoms with Crippen molar-refractivity contribution in [3.8, 4) is 0 Å². The summed E-state index contributed by atoms with van der Waals surface area (Å²) in [6.07, 6.45) is 0.676. The molecule has 2 aromatic carbocycles. The average molecular weight is 419 g/mol. The van der Waals surface area contributed by atoms with Crippen LogP contribution in [0.1, 0.15) is 15.9 Å². The number of amides is 1. The van der Waals surface area contributed by atoms with Gasteiger partial charge in [-0.05, 0) is 36.2 Å². The van der Waals surface area contributed by atoms with Crippen LogP contribution in [0.2, 0.25) is 0 Å². The number of hydrogen-bond acceptors (Lipinski definition) is 5. The van der Waals surface area contributed by atoms with E-state index >= 15 is 0 Å². The molecule has 0 unspecified atom stereocenters. The summed E-state index contributed by atoms with van der Waals surface area (Å²) in [6.45, 7) is 1.97. The Labute approximate surface area is 171 Å². The first-order valence-corrected chi connectivity index (χ1v) is 10.9. The number of benzene rings is 2. The van der Waals surface area contributed by atoms with Crippen LogP contribution in [-0.4, -0.2) is 66.3 Å². The van der Waals surface area contributed by atoms with Gasteiger partial charge >= 0.3 is 0 Å². The minimum absolute atomic E-state index is 0.110. The van der Waals surface area contributed by atoms with Gasteiger partial charge in [0.1, 0.15) is 0 Å². The Hall–Kier alpha value is -2.42. The molecule has 1 amide bonds. The third kappa shape index (κ3) is 4.60. The first kappa shape index (κ1) is 21.3. The second-order valence-electron chi connectivity index (χ2n) is 6.76. The van der Waals surface area contributed by atoms with Crippen molar-refractivity contribution < 1.29 is 22.7 Å². The van der Waals surface area contributed by atoms with Crippen LogP contribution in [0.3, 0.4) is 0 Å². The smallest absolute Gasteiger partial charge is 0.264 e. The highest BCUT2D eigenvalue weighted by Gasteiger charge is 2.31. The molecule has 3 rings (SSSR count). The quantitative estimate of drug-likeness (QED) is 0.624. The summed E-state index contributed by atoms with van der Waals surface area (Å²) in [6, 6.07) is 13.7. The number of rotatable bonds is 9. The number of carbonyl (C=O) groups excluding carboxylic acids is 1. The number of anilines is 1. The molecule has 8 heteroatoms. The second-order valence-corrected chi connectivity index (χ2v) is 8.62. The molecule has 0 bridgehead atoms. The van der Waals surface area contributed by atoms with Gasteiger partial charge < -0.3 is 14.4 Å². The first-order valence-electron chi connectivity index (χ1n) is 9.47. The van der Waals surface area contributed by atoms with Crippen LogP contribution >= 0.6 is 0 Å². The van der Waals surface area contributed by atoms with Crippen LogP contribution in [0.4, 0.5) is 5.69 Å². The summed E-state index contributed by atoms with van der Waals surface area (Å²) < 4.78 is 38.1. The van der Waals surface area contributed by atoms with Crippen molar-refractivity contribution in [2.75, 3.05) is 51.4 Å². The Morgan fingerprint density at radius 1 is 1.03 bits per heavy atom. The zero-order valence-corrected chi connectivity index (χ0v) is 17.5.